The lowest BCUT2D eigenvalue weighted by molar-refractivity contribution is -0.384. The van der Waals surface area contributed by atoms with Crippen LogP contribution in [0.2, 0.25) is 0 Å². The SMILES string of the molecule is Cc1cc2c(o1)CC(C)(C)CC2Nc1ncccc1[N+](=O)[O-]. The van der Waals surface area contributed by atoms with E-state index in [1.54, 1.807) is 12.3 Å². The van der Waals surface area contributed by atoms with E-state index in [-0.39, 0.29) is 17.1 Å². The third-order valence-electron chi connectivity index (χ3n) is 4.03. The summed E-state index contributed by atoms with van der Waals surface area (Å²) in [5.74, 6) is 2.13. The van der Waals surface area contributed by atoms with Crippen LogP contribution in [0.5, 0.6) is 0 Å². The van der Waals surface area contributed by atoms with Gasteiger partial charge in [0.1, 0.15) is 11.5 Å². The molecule has 0 aliphatic heterocycles. The van der Waals surface area contributed by atoms with E-state index in [4.69, 9.17) is 4.42 Å². The number of nitrogens with zero attached hydrogens (tertiary/aromatic N) is 2. The van der Waals surface area contributed by atoms with Gasteiger partial charge < -0.3 is 9.73 Å². The summed E-state index contributed by atoms with van der Waals surface area (Å²) in [6.07, 6.45) is 3.30. The number of aryl methyl sites for hydroxylation is 1. The quantitative estimate of drug-likeness (QED) is 0.684. The van der Waals surface area contributed by atoms with E-state index in [1.807, 2.05) is 13.0 Å². The minimum atomic E-state index is -0.412. The summed E-state index contributed by atoms with van der Waals surface area (Å²) in [5.41, 5.74) is 1.14. The van der Waals surface area contributed by atoms with Gasteiger partial charge in [-0.3, -0.25) is 10.1 Å². The van der Waals surface area contributed by atoms with Crippen LogP contribution in [0.15, 0.2) is 28.8 Å². The summed E-state index contributed by atoms with van der Waals surface area (Å²) in [6, 6.07) is 5.01. The first-order chi connectivity index (χ1) is 10.4. The minimum absolute atomic E-state index is 0.00681. The largest absolute Gasteiger partial charge is 0.466 e. The van der Waals surface area contributed by atoms with Gasteiger partial charge in [0.2, 0.25) is 5.82 Å². The van der Waals surface area contributed by atoms with Crippen molar-refractivity contribution in [3.63, 3.8) is 0 Å². The van der Waals surface area contributed by atoms with E-state index < -0.39 is 4.92 Å². The van der Waals surface area contributed by atoms with Crippen LogP contribution in [0.4, 0.5) is 11.5 Å². The molecule has 0 spiro atoms. The summed E-state index contributed by atoms with van der Waals surface area (Å²) in [6.45, 7) is 6.27. The number of aromatic nitrogens is 1. The van der Waals surface area contributed by atoms with E-state index in [1.165, 1.54) is 6.07 Å². The van der Waals surface area contributed by atoms with Crippen molar-refractivity contribution in [2.45, 2.75) is 39.7 Å². The van der Waals surface area contributed by atoms with Crippen LogP contribution in [0.25, 0.3) is 0 Å². The van der Waals surface area contributed by atoms with Crippen molar-refractivity contribution < 1.29 is 9.34 Å². The van der Waals surface area contributed by atoms with Gasteiger partial charge in [-0.25, -0.2) is 4.98 Å². The number of fused-ring (bicyclic) bond motifs is 1. The maximum atomic E-state index is 11.1. The molecule has 0 saturated carbocycles. The average Bonchev–Trinajstić information content (AvgIpc) is 2.78. The highest BCUT2D eigenvalue weighted by atomic mass is 16.6. The molecule has 1 unspecified atom stereocenters. The summed E-state index contributed by atoms with van der Waals surface area (Å²) >= 11 is 0. The second kappa shape index (κ2) is 5.12. The van der Waals surface area contributed by atoms with Gasteiger partial charge in [-0.1, -0.05) is 13.8 Å². The Morgan fingerprint density at radius 2 is 2.27 bits per heavy atom. The average molecular weight is 301 g/mol. The van der Waals surface area contributed by atoms with Gasteiger partial charge in [-0.15, -0.1) is 0 Å². The topological polar surface area (TPSA) is 81.2 Å². The molecule has 0 radical (unpaired) electrons. The molecule has 6 heteroatoms. The molecule has 1 aliphatic carbocycles. The smallest absolute Gasteiger partial charge is 0.311 e. The first-order valence-corrected chi connectivity index (χ1v) is 7.31. The highest BCUT2D eigenvalue weighted by Gasteiger charge is 2.35. The van der Waals surface area contributed by atoms with Gasteiger partial charge in [0.05, 0.1) is 11.0 Å². The Balaban J connectivity index is 1.97. The van der Waals surface area contributed by atoms with Crippen LogP contribution in [-0.4, -0.2) is 9.91 Å². The molecule has 0 fully saturated rings. The molecular formula is C16H19N3O3. The Hall–Kier alpha value is -2.37. The van der Waals surface area contributed by atoms with E-state index >= 15 is 0 Å². The third kappa shape index (κ3) is 2.68. The first kappa shape index (κ1) is 14.6. The number of furan rings is 1. The Morgan fingerprint density at radius 1 is 1.50 bits per heavy atom. The second-order valence-corrected chi connectivity index (χ2v) is 6.61. The van der Waals surface area contributed by atoms with Gasteiger partial charge in [-0.05, 0) is 30.9 Å². The number of pyridine rings is 1. The number of anilines is 1. The fraction of sp³-hybridized carbons (Fsp3) is 0.438. The molecule has 2 aromatic heterocycles. The number of nitrogens with one attached hydrogen (secondary N) is 1. The Labute approximate surface area is 128 Å². The molecule has 22 heavy (non-hydrogen) atoms. The molecule has 0 saturated heterocycles. The standard InChI is InChI=1S/C16H19N3O3/c1-10-7-11-12(8-16(2,3)9-14(11)22-10)18-15-13(19(20)21)5-4-6-17-15/h4-7,12H,8-9H2,1-3H3,(H,17,18). The lowest BCUT2D eigenvalue weighted by atomic mass is 9.74. The maximum absolute atomic E-state index is 11.1. The highest BCUT2D eigenvalue weighted by molar-refractivity contribution is 5.56. The fourth-order valence-corrected chi connectivity index (χ4v) is 3.13. The summed E-state index contributed by atoms with van der Waals surface area (Å²) in [4.78, 5) is 14.9. The van der Waals surface area contributed by atoms with Crippen LogP contribution in [0, 0.1) is 22.5 Å². The van der Waals surface area contributed by atoms with Crippen molar-refractivity contribution in [3.05, 3.63) is 51.6 Å². The monoisotopic (exact) mass is 301 g/mol. The predicted molar refractivity (Wildman–Crippen MR) is 82.8 cm³/mol. The Kier molecular flexibility index (Phi) is 3.39. The van der Waals surface area contributed by atoms with Crippen molar-refractivity contribution in [1.29, 1.82) is 0 Å². The molecule has 6 nitrogen and oxygen atoms in total. The lowest BCUT2D eigenvalue weighted by Crippen LogP contribution is -2.28. The highest BCUT2D eigenvalue weighted by Crippen LogP contribution is 2.43. The van der Waals surface area contributed by atoms with Gasteiger partial charge in [0, 0.05) is 24.2 Å². The van der Waals surface area contributed by atoms with Crippen LogP contribution in [-0.2, 0) is 6.42 Å². The van der Waals surface area contributed by atoms with E-state index in [9.17, 15) is 10.1 Å². The zero-order valence-corrected chi connectivity index (χ0v) is 12.9. The van der Waals surface area contributed by atoms with Crippen molar-refractivity contribution in [2.24, 2.45) is 5.41 Å². The molecule has 2 aromatic rings. The molecule has 0 amide bonds. The lowest BCUT2D eigenvalue weighted by Gasteiger charge is -2.34. The zero-order valence-electron chi connectivity index (χ0n) is 12.9. The third-order valence-corrected chi connectivity index (χ3v) is 4.03. The molecule has 2 heterocycles. The number of rotatable bonds is 3. The fourth-order valence-electron chi connectivity index (χ4n) is 3.13. The van der Waals surface area contributed by atoms with Crippen molar-refractivity contribution in [3.8, 4) is 0 Å². The van der Waals surface area contributed by atoms with Crippen molar-refractivity contribution in [2.75, 3.05) is 5.32 Å². The molecule has 0 bridgehead atoms. The molecular weight excluding hydrogens is 282 g/mol. The maximum Gasteiger partial charge on any atom is 0.311 e. The molecule has 116 valence electrons. The number of hydrogen-bond acceptors (Lipinski definition) is 5. The summed E-state index contributed by atoms with van der Waals surface area (Å²) in [5, 5.41) is 14.4. The molecule has 1 aliphatic rings. The summed E-state index contributed by atoms with van der Waals surface area (Å²) < 4.78 is 5.79. The molecule has 1 N–H and O–H groups in total. The normalized spacial score (nSPS) is 19.5. The first-order valence-electron chi connectivity index (χ1n) is 7.31. The van der Waals surface area contributed by atoms with Gasteiger partial charge in [0.25, 0.3) is 0 Å². The van der Waals surface area contributed by atoms with Gasteiger partial charge in [0.15, 0.2) is 0 Å². The van der Waals surface area contributed by atoms with Gasteiger partial charge >= 0.3 is 5.69 Å². The Morgan fingerprint density at radius 3 is 3.00 bits per heavy atom. The van der Waals surface area contributed by atoms with Crippen molar-refractivity contribution in [1.82, 2.24) is 4.98 Å². The molecule has 1 atom stereocenters. The predicted octanol–water partition coefficient (Wildman–Crippen LogP) is 4.02. The van der Waals surface area contributed by atoms with Crippen LogP contribution in [0.1, 0.15) is 43.4 Å². The van der Waals surface area contributed by atoms with Gasteiger partial charge in [-0.2, -0.15) is 0 Å². The van der Waals surface area contributed by atoms with E-state index in [2.05, 4.69) is 24.1 Å². The van der Waals surface area contributed by atoms with Crippen molar-refractivity contribution >= 4 is 11.5 Å². The summed E-state index contributed by atoms with van der Waals surface area (Å²) in [7, 11) is 0. The number of nitro groups is 1. The Bertz CT molecular complexity index is 721. The van der Waals surface area contributed by atoms with Crippen LogP contribution < -0.4 is 5.32 Å². The zero-order chi connectivity index (χ0) is 15.9. The van der Waals surface area contributed by atoms with Crippen LogP contribution in [0.3, 0.4) is 0 Å². The number of hydrogen-bond donors (Lipinski definition) is 1. The molecule has 0 aromatic carbocycles. The van der Waals surface area contributed by atoms with E-state index in [0.29, 0.717) is 5.82 Å². The van der Waals surface area contributed by atoms with E-state index in [0.717, 1.165) is 29.9 Å². The minimum Gasteiger partial charge on any atom is -0.466 e. The van der Waals surface area contributed by atoms with Crippen LogP contribution >= 0.6 is 0 Å². The molecule has 3 rings (SSSR count). The second-order valence-electron chi connectivity index (χ2n) is 6.61.